The molecule has 0 heterocycles. The average Bonchev–Trinajstić information content (AvgIpc) is 2.52. The van der Waals surface area contributed by atoms with Crippen LogP contribution in [0.3, 0.4) is 0 Å². The minimum atomic E-state index is 0.0147. The van der Waals surface area contributed by atoms with Crippen molar-refractivity contribution in [3.63, 3.8) is 0 Å². The molecule has 0 aliphatic heterocycles. The molecule has 134 valence electrons. The molecule has 0 unspecified atom stereocenters. The molecule has 1 amide bonds. The number of anilines is 2. The summed E-state index contributed by atoms with van der Waals surface area (Å²) in [6.07, 6.45) is 0.500. The van der Waals surface area contributed by atoms with Crippen LogP contribution >= 0.6 is 23.2 Å². The molecule has 0 aliphatic carbocycles. The molecular weight excluding hydrogens is 359 g/mol. The van der Waals surface area contributed by atoms with Crippen molar-refractivity contribution in [1.82, 2.24) is 0 Å². The number of benzene rings is 2. The van der Waals surface area contributed by atoms with Gasteiger partial charge in [0.1, 0.15) is 0 Å². The van der Waals surface area contributed by atoms with Gasteiger partial charge in [0, 0.05) is 24.3 Å². The van der Waals surface area contributed by atoms with Crippen molar-refractivity contribution < 1.29 is 9.53 Å². The van der Waals surface area contributed by atoms with Gasteiger partial charge >= 0.3 is 0 Å². The molecule has 25 heavy (non-hydrogen) atoms. The molecule has 0 saturated heterocycles. The van der Waals surface area contributed by atoms with Crippen molar-refractivity contribution in [2.75, 3.05) is 17.7 Å². The molecule has 0 aromatic heterocycles. The smallest absolute Gasteiger partial charge is 0.224 e. The maximum Gasteiger partial charge on any atom is 0.224 e. The summed E-state index contributed by atoms with van der Waals surface area (Å²) in [6, 6.07) is 11.2. The summed E-state index contributed by atoms with van der Waals surface area (Å²) >= 11 is 12.3. The SMILES string of the molecule is COc1c(Cl)cc(CNc2cccc(NC(=O)CC(C)C)c2)cc1Cl. The Hall–Kier alpha value is -1.91. The van der Waals surface area contributed by atoms with Gasteiger partial charge in [0.05, 0.1) is 17.2 Å². The summed E-state index contributed by atoms with van der Waals surface area (Å²) in [5.41, 5.74) is 2.59. The Morgan fingerprint density at radius 3 is 2.36 bits per heavy atom. The van der Waals surface area contributed by atoms with E-state index in [0.29, 0.717) is 34.7 Å². The van der Waals surface area contributed by atoms with Crippen molar-refractivity contribution in [2.24, 2.45) is 5.92 Å². The van der Waals surface area contributed by atoms with Crippen molar-refractivity contribution in [3.8, 4) is 5.75 Å². The summed E-state index contributed by atoms with van der Waals surface area (Å²) < 4.78 is 5.15. The van der Waals surface area contributed by atoms with Crippen LogP contribution in [0.5, 0.6) is 5.75 Å². The number of rotatable bonds is 7. The largest absolute Gasteiger partial charge is 0.494 e. The van der Waals surface area contributed by atoms with E-state index < -0.39 is 0 Å². The lowest BCUT2D eigenvalue weighted by Gasteiger charge is -2.12. The van der Waals surface area contributed by atoms with E-state index >= 15 is 0 Å². The molecule has 2 aromatic rings. The minimum absolute atomic E-state index is 0.0147. The second-order valence-corrected chi connectivity index (χ2v) is 6.99. The van der Waals surface area contributed by atoms with Gasteiger partial charge in [-0.1, -0.05) is 43.1 Å². The zero-order valence-electron chi connectivity index (χ0n) is 14.5. The van der Waals surface area contributed by atoms with Gasteiger partial charge in [0.2, 0.25) is 5.91 Å². The lowest BCUT2D eigenvalue weighted by atomic mass is 10.1. The van der Waals surface area contributed by atoms with Gasteiger partial charge in [-0.15, -0.1) is 0 Å². The second-order valence-electron chi connectivity index (χ2n) is 6.17. The van der Waals surface area contributed by atoms with Crippen LogP contribution in [0.15, 0.2) is 36.4 Å². The van der Waals surface area contributed by atoms with E-state index in [2.05, 4.69) is 10.6 Å². The average molecular weight is 381 g/mol. The van der Waals surface area contributed by atoms with Crippen molar-refractivity contribution >= 4 is 40.5 Å². The Morgan fingerprint density at radius 2 is 1.76 bits per heavy atom. The quantitative estimate of drug-likeness (QED) is 0.657. The maximum absolute atomic E-state index is 11.9. The Kier molecular flexibility index (Phi) is 6.97. The van der Waals surface area contributed by atoms with Crippen LogP contribution in [0.4, 0.5) is 11.4 Å². The molecule has 0 saturated carbocycles. The topological polar surface area (TPSA) is 50.4 Å². The van der Waals surface area contributed by atoms with Crippen LogP contribution in [0.1, 0.15) is 25.8 Å². The monoisotopic (exact) mass is 380 g/mol. The summed E-state index contributed by atoms with van der Waals surface area (Å²) in [7, 11) is 1.53. The van der Waals surface area contributed by atoms with E-state index in [1.807, 2.05) is 50.2 Å². The van der Waals surface area contributed by atoms with E-state index in [4.69, 9.17) is 27.9 Å². The molecular formula is C19H22Cl2N2O2. The lowest BCUT2D eigenvalue weighted by Crippen LogP contribution is -2.13. The van der Waals surface area contributed by atoms with Gasteiger partial charge in [0.15, 0.2) is 5.75 Å². The van der Waals surface area contributed by atoms with Crippen LogP contribution in [0.25, 0.3) is 0 Å². The first-order valence-electron chi connectivity index (χ1n) is 8.04. The van der Waals surface area contributed by atoms with E-state index in [0.717, 1.165) is 16.9 Å². The number of hydrogen-bond acceptors (Lipinski definition) is 3. The van der Waals surface area contributed by atoms with E-state index in [9.17, 15) is 4.79 Å². The van der Waals surface area contributed by atoms with Gasteiger partial charge in [0.25, 0.3) is 0 Å². The van der Waals surface area contributed by atoms with E-state index in [1.165, 1.54) is 7.11 Å². The number of amides is 1. The number of hydrogen-bond donors (Lipinski definition) is 2. The predicted molar refractivity (Wildman–Crippen MR) is 105 cm³/mol. The maximum atomic E-state index is 11.9. The fraction of sp³-hybridized carbons (Fsp3) is 0.316. The van der Waals surface area contributed by atoms with Gasteiger partial charge in [-0.3, -0.25) is 4.79 Å². The summed E-state index contributed by atoms with van der Waals surface area (Å²) in [5, 5.41) is 7.15. The van der Waals surface area contributed by atoms with Crippen molar-refractivity contribution in [2.45, 2.75) is 26.8 Å². The molecule has 4 nitrogen and oxygen atoms in total. The molecule has 0 bridgehead atoms. The zero-order valence-corrected chi connectivity index (χ0v) is 16.0. The minimum Gasteiger partial charge on any atom is -0.494 e. The number of carbonyl (C=O) groups excluding carboxylic acids is 1. The highest BCUT2D eigenvalue weighted by Crippen LogP contribution is 2.34. The fourth-order valence-corrected chi connectivity index (χ4v) is 3.09. The van der Waals surface area contributed by atoms with Crippen molar-refractivity contribution in [1.29, 1.82) is 0 Å². The fourth-order valence-electron chi connectivity index (χ4n) is 2.40. The van der Waals surface area contributed by atoms with Crippen LogP contribution in [-0.4, -0.2) is 13.0 Å². The third-order valence-corrected chi connectivity index (χ3v) is 4.06. The highest BCUT2D eigenvalue weighted by Gasteiger charge is 2.09. The Morgan fingerprint density at radius 1 is 1.12 bits per heavy atom. The number of ether oxygens (including phenoxy) is 1. The van der Waals surface area contributed by atoms with Crippen LogP contribution < -0.4 is 15.4 Å². The highest BCUT2D eigenvalue weighted by molar-refractivity contribution is 6.37. The Labute approximate surface area is 158 Å². The number of carbonyl (C=O) groups is 1. The van der Waals surface area contributed by atoms with Crippen LogP contribution in [-0.2, 0) is 11.3 Å². The molecule has 0 aliphatic rings. The summed E-state index contributed by atoms with van der Waals surface area (Å²) in [6.45, 7) is 4.58. The first kappa shape index (κ1) is 19.4. The lowest BCUT2D eigenvalue weighted by molar-refractivity contribution is -0.116. The van der Waals surface area contributed by atoms with E-state index in [-0.39, 0.29) is 5.91 Å². The van der Waals surface area contributed by atoms with Gasteiger partial charge in [-0.05, 0) is 41.8 Å². The van der Waals surface area contributed by atoms with Crippen molar-refractivity contribution in [3.05, 3.63) is 52.0 Å². The molecule has 0 radical (unpaired) electrons. The third-order valence-electron chi connectivity index (χ3n) is 3.50. The standard InChI is InChI=1S/C19H22Cl2N2O2/c1-12(2)7-18(24)23-15-6-4-5-14(10-15)22-11-13-8-16(20)19(25-3)17(21)9-13/h4-6,8-10,12,22H,7,11H2,1-3H3,(H,23,24). The van der Waals surface area contributed by atoms with Gasteiger partial charge < -0.3 is 15.4 Å². The van der Waals surface area contributed by atoms with E-state index in [1.54, 1.807) is 0 Å². The predicted octanol–water partition coefficient (Wildman–Crippen LogP) is 5.60. The van der Waals surface area contributed by atoms with Gasteiger partial charge in [-0.2, -0.15) is 0 Å². The number of nitrogens with one attached hydrogen (secondary N) is 2. The molecule has 2 rings (SSSR count). The molecule has 6 heteroatoms. The first-order chi connectivity index (χ1) is 11.9. The molecule has 0 spiro atoms. The van der Waals surface area contributed by atoms with Crippen LogP contribution in [0.2, 0.25) is 10.0 Å². The molecule has 2 N–H and O–H groups in total. The number of halogens is 2. The third kappa shape index (κ3) is 5.83. The molecule has 2 aromatic carbocycles. The number of methoxy groups -OCH3 is 1. The highest BCUT2D eigenvalue weighted by atomic mass is 35.5. The normalized spacial score (nSPS) is 10.6. The zero-order chi connectivity index (χ0) is 18.4. The Balaban J connectivity index is 2.02. The van der Waals surface area contributed by atoms with Gasteiger partial charge in [-0.25, -0.2) is 0 Å². The molecule has 0 atom stereocenters. The Bertz CT molecular complexity index is 725. The molecule has 0 fully saturated rings. The summed E-state index contributed by atoms with van der Waals surface area (Å²) in [5.74, 6) is 0.814. The second kappa shape index (κ2) is 8.97. The summed E-state index contributed by atoms with van der Waals surface area (Å²) in [4.78, 5) is 11.9. The van der Waals surface area contributed by atoms with Crippen LogP contribution in [0, 0.1) is 5.92 Å². The first-order valence-corrected chi connectivity index (χ1v) is 8.80.